The molecule has 1 aromatic heterocycles. The van der Waals surface area contributed by atoms with Crippen LogP contribution in [0.1, 0.15) is 29.7 Å². The van der Waals surface area contributed by atoms with Gasteiger partial charge in [0, 0.05) is 27.7 Å². The number of rotatable bonds is 1. The Morgan fingerprint density at radius 1 is 1.29 bits per heavy atom. The van der Waals surface area contributed by atoms with Crippen LogP contribution in [-0.4, -0.2) is 35.1 Å². The highest BCUT2D eigenvalue weighted by Gasteiger charge is 2.46. The Morgan fingerprint density at radius 2 is 2.08 bits per heavy atom. The highest BCUT2D eigenvalue weighted by molar-refractivity contribution is 9.10. The summed E-state index contributed by atoms with van der Waals surface area (Å²) >= 11 is 3.55. The first-order valence-corrected chi connectivity index (χ1v) is 9.16. The van der Waals surface area contributed by atoms with Gasteiger partial charge in [0.25, 0.3) is 0 Å². The summed E-state index contributed by atoms with van der Waals surface area (Å²) in [7, 11) is 2.13. The molecule has 0 radical (unpaired) electrons. The minimum Gasteiger partial charge on any atom is -0.488 e. The zero-order chi connectivity index (χ0) is 16.7. The van der Waals surface area contributed by atoms with Crippen LogP contribution < -0.4 is 4.74 Å². The number of likely N-dealkylation sites (tertiary alicyclic amines) is 1. The summed E-state index contributed by atoms with van der Waals surface area (Å²) in [6, 6.07) is 9.78. The molecule has 4 nitrogen and oxygen atoms in total. The van der Waals surface area contributed by atoms with Crippen molar-refractivity contribution < 1.29 is 9.84 Å². The molecule has 0 spiro atoms. The summed E-state index contributed by atoms with van der Waals surface area (Å²) in [5.74, 6) is 0.870. The number of pyridine rings is 1. The van der Waals surface area contributed by atoms with Gasteiger partial charge in [-0.15, -0.1) is 0 Å². The van der Waals surface area contributed by atoms with Crippen molar-refractivity contribution in [1.29, 1.82) is 0 Å². The Hall–Kier alpha value is -1.43. The third-order valence-corrected chi connectivity index (χ3v) is 5.79. The monoisotopic (exact) mass is 388 g/mol. The number of nitrogens with zero attached hydrogens (tertiary/aromatic N) is 2. The maximum Gasteiger partial charge on any atom is 0.138 e. The van der Waals surface area contributed by atoms with Crippen molar-refractivity contribution in [3.05, 3.63) is 57.8 Å². The van der Waals surface area contributed by atoms with E-state index in [0.29, 0.717) is 6.61 Å². The number of aromatic nitrogens is 1. The average molecular weight is 389 g/mol. The fourth-order valence-electron chi connectivity index (χ4n) is 3.95. The maximum atomic E-state index is 12.0. The van der Waals surface area contributed by atoms with Crippen molar-refractivity contribution in [3.8, 4) is 5.75 Å². The van der Waals surface area contributed by atoms with Crippen LogP contribution in [0.25, 0.3) is 0 Å². The Morgan fingerprint density at radius 3 is 2.88 bits per heavy atom. The second kappa shape index (κ2) is 6.14. The average Bonchev–Trinajstić information content (AvgIpc) is 2.72. The molecule has 2 aliphatic rings. The number of fused-ring (bicyclic) bond motifs is 2. The summed E-state index contributed by atoms with van der Waals surface area (Å²) in [4.78, 5) is 6.91. The number of ether oxygens (including phenoxy) is 1. The van der Waals surface area contributed by atoms with E-state index in [1.807, 2.05) is 30.3 Å². The lowest BCUT2D eigenvalue weighted by molar-refractivity contribution is -0.0147. The molecule has 1 aromatic carbocycles. The Labute approximate surface area is 150 Å². The van der Waals surface area contributed by atoms with Crippen LogP contribution in [0.3, 0.4) is 0 Å². The molecule has 3 heterocycles. The van der Waals surface area contributed by atoms with E-state index in [9.17, 15) is 5.11 Å². The maximum absolute atomic E-state index is 12.0. The van der Waals surface area contributed by atoms with Crippen molar-refractivity contribution in [3.63, 3.8) is 0 Å². The predicted molar refractivity (Wildman–Crippen MR) is 95.9 cm³/mol. The normalized spacial score (nSPS) is 24.6. The Balaban J connectivity index is 1.91. The van der Waals surface area contributed by atoms with E-state index in [2.05, 4.69) is 32.9 Å². The van der Waals surface area contributed by atoms with Gasteiger partial charge in [0.1, 0.15) is 18.0 Å². The van der Waals surface area contributed by atoms with Gasteiger partial charge in [-0.1, -0.05) is 22.0 Å². The van der Waals surface area contributed by atoms with Crippen LogP contribution in [0.4, 0.5) is 0 Å². The third kappa shape index (κ3) is 2.55. The van der Waals surface area contributed by atoms with E-state index in [0.717, 1.165) is 53.0 Å². The zero-order valence-electron chi connectivity index (χ0n) is 13.7. The zero-order valence-corrected chi connectivity index (χ0v) is 15.3. The van der Waals surface area contributed by atoms with E-state index in [4.69, 9.17) is 4.74 Å². The number of piperidine rings is 1. The van der Waals surface area contributed by atoms with Crippen LogP contribution >= 0.6 is 15.9 Å². The lowest BCUT2D eigenvalue weighted by Crippen LogP contribution is -2.44. The summed E-state index contributed by atoms with van der Waals surface area (Å²) in [6.07, 6.45) is 3.64. The second-order valence-electron chi connectivity index (χ2n) is 6.78. The number of halogens is 1. The molecule has 1 atom stereocenters. The van der Waals surface area contributed by atoms with Gasteiger partial charge in [-0.25, -0.2) is 0 Å². The lowest BCUT2D eigenvalue weighted by atomic mass is 9.73. The van der Waals surface area contributed by atoms with Crippen LogP contribution in [-0.2, 0) is 12.2 Å². The molecule has 1 N–H and O–H groups in total. The van der Waals surface area contributed by atoms with Crippen molar-refractivity contribution in [2.45, 2.75) is 25.0 Å². The summed E-state index contributed by atoms with van der Waals surface area (Å²) in [5.41, 5.74) is 1.42. The minimum atomic E-state index is -1.12. The molecule has 0 saturated carbocycles. The molecule has 1 saturated heterocycles. The van der Waals surface area contributed by atoms with E-state index < -0.39 is 5.60 Å². The van der Waals surface area contributed by atoms with Gasteiger partial charge in [-0.2, -0.15) is 0 Å². The molecule has 1 unspecified atom stereocenters. The molecule has 2 aromatic rings. The Kier molecular flexibility index (Phi) is 4.11. The number of aliphatic hydroxyl groups is 1. The van der Waals surface area contributed by atoms with Gasteiger partial charge in [-0.3, -0.25) is 4.98 Å². The van der Waals surface area contributed by atoms with Crippen LogP contribution in [0.2, 0.25) is 0 Å². The van der Waals surface area contributed by atoms with Gasteiger partial charge >= 0.3 is 0 Å². The molecule has 126 valence electrons. The number of benzene rings is 1. The highest BCUT2D eigenvalue weighted by atomic mass is 79.9. The third-order valence-electron chi connectivity index (χ3n) is 5.30. The predicted octanol–water partition coefficient (Wildman–Crippen LogP) is 3.31. The quantitative estimate of drug-likeness (QED) is 0.813. The largest absolute Gasteiger partial charge is 0.488 e. The molecule has 0 aliphatic carbocycles. The lowest BCUT2D eigenvalue weighted by Gasteiger charge is -2.40. The van der Waals surface area contributed by atoms with Gasteiger partial charge < -0.3 is 14.7 Å². The molecule has 0 bridgehead atoms. The van der Waals surface area contributed by atoms with Crippen molar-refractivity contribution >= 4 is 15.9 Å². The van der Waals surface area contributed by atoms with Crippen molar-refractivity contribution in [2.24, 2.45) is 5.92 Å². The second-order valence-corrected chi connectivity index (χ2v) is 7.70. The first kappa shape index (κ1) is 16.1. The highest BCUT2D eigenvalue weighted by Crippen LogP contribution is 2.48. The molecule has 2 aliphatic heterocycles. The number of hydrogen-bond donors (Lipinski definition) is 1. The van der Waals surface area contributed by atoms with E-state index in [-0.39, 0.29) is 5.92 Å². The summed E-state index contributed by atoms with van der Waals surface area (Å²) < 4.78 is 6.95. The van der Waals surface area contributed by atoms with E-state index in [1.54, 1.807) is 6.20 Å². The first-order chi connectivity index (χ1) is 11.6. The van der Waals surface area contributed by atoms with Gasteiger partial charge in [0.15, 0.2) is 0 Å². The molecule has 24 heavy (non-hydrogen) atoms. The van der Waals surface area contributed by atoms with Crippen molar-refractivity contribution in [1.82, 2.24) is 9.88 Å². The fraction of sp³-hybridized carbons (Fsp3) is 0.421. The SMILES string of the molecule is CN1CCC(C2(O)c3cc(Br)ccc3OCc3cccnc32)CC1. The molecular formula is C19H21BrN2O2. The molecule has 1 fully saturated rings. The van der Waals surface area contributed by atoms with E-state index >= 15 is 0 Å². The van der Waals surface area contributed by atoms with Crippen LogP contribution in [0, 0.1) is 5.92 Å². The Bertz CT molecular complexity index is 759. The van der Waals surface area contributed by atoms with Crippen LogP contribution in [0.15, 0.2) is 41.0 Å². The topological polar surface area (TPSA) is 45.6 Å². The summed E-state index contributed by atoms with van der Waals surface area (Å²) in [6.45, 7) is 2.41. The minimum absolute atomic E-state index is 0.122. The van der Waals surface area contributed by atoms with E-state index in [1.165, 1.54) is 0 Å². The first-order valence-electron chi connectivity index (χ1n) is 8.37. The summed E-state index contributed by atoms with van der Waals surface area (Å²) in [5, 5.41) is 12.0. The standard InChI is InChI=1S/C19H21BrN2O2/c1-22-9-6-14(7-10-22)19(23)16-11-15(20)4-5-17(16)24-12-13-3-2-8-21-18(13)19/h2-5,8,11,14,23H,6-7,9-10,12H2,1H3. The molecule has 5 heteroatoms. The van der Waals surface area contributed by atoms with Crippen LogP contribution in [0.5, 0.6) is 5.75 Å². The van der Waals surface area contributed by atoms with Gasteiger partial charge in [-0.05, 0) is 57.2 Å². The molecule has 0 amide bonds. The van der Waals surface area contributed by atoms with Gasteiger partial charge in [0.2, 0.25) is 0 Å². The number of hydrogen-bond acceptors (Lipinski definition) is 4. The fourth-order valence-corrected chi connectivity index (χ4v) is 4.31. The molecular weight excluding hydrogens is 368 g/mol. The van der Waals surface area contributed by atoms with Gasteiger partial charge in [0.05, 0.1) is 5.69 Å². The van der Waals surface area contributed by atoms with Crippen molar-refractivity contribution in [2.75, 3.05) is 20.1 Å². The molecule has 4 rings (SSSR count). The smallest absolute Gasteiger partial charge is 0.138 e.